The fraction of sp³-hybridized carbons (Fsp3) is 0.196. The van der Waals surface area contributed by atoms with Crippen LogP contribution in [-0.4, -0.2) is 12.3 Å². The average molecular weight is 621 g/mol. The van der Waals surface area contributed by atoms with E-state index in [9.17, 15) is 0 Å². The van der Waals surface area contributed by atoms with Gasteiger partial charge in [0.05, 0.1) is 17.4 Å². The van der Waals surface area contributed by atoms with Crippen molar-refractivity contribution >= 4 is 34.4 Å². The molecule has 9 rings (SSSR count). The molecule has 4 unspecified atom stereocenters. The maximum atomic E-state index is 5.09. The van der Waals surface area contributed by atoms with Crippen molar-refractivity contribution < 1.29 is 0 Å². The van der Waals surface area contributed by atoms with Crippen LogP contribution in [0.1, 0.15) is 66.2 Å². The topological polar surface area (TPSA) is 15.6 Å². The van der Waals surface area contributed by atoms with Crippen molar-refractivity contribution in [1.82, 2.24) is 0 Å². The van der Waals surface area contributed by atoms with Gasteiger partial charge in [-0.3, -0.25) is 4.99 Å². The quantitative estimate of drug-likeness (QED) is 0.250. The molecule has 0 spiro atoms. The van der Waals surface area contributed by atoms with E-state index in [1.807, 2.05) is 0 Å². The molecule has 48 heavy (non-hydrogen) atoms. The summed E-state index contributed by atoms with van der Waals surface area (Å²) in [5, 5.41) is 2.72. The SMILES string of the molecule is C1=CCCC(C/C=C(\N=C\C2=CC=C(N3c4c(c5c(c6ccccc46)C=CC4C=CC=CC54)C4C=CC=CC43)CC2)c2ccccc2)=C1. The largest absolute Gasteiger partial charge is 0.336 e. The van der Waals surface area contributed by atoms with Crippen LogP contribution in [-0.2, 0) is 0 Å². The maximum absolute atomic E-state index is 5.09. The third-order valence-corrected chi connectivity index (χ3v) is 10.8. The Balaban J connectivity index is 1.10. The number of hydrogen-bond donors (Lipinski definition) is 0. The minimum atomic E-state index is 0.277. The number of hydrogen-bond acceptors (Lipinski definition) is 2. The van der Waals surface area contributed by atoms with Crippen molar-refractivity contribution in [3.8, 4) is 0 Å². The summed E-state index contributed by atoms with van der Waals surface area (Å²) < 4.78 is 0. The highest BCUT2D eigenvalue weighted by Crippen LogP contribution is 2.56. The fourth-order valence-electron chi connectivity index (χ4n) is 8.53. The summed E-state index contributed by atoms with van der Waals surface area (Å²) >= 11 is 0. The summed E-state index contributed by atoms with van der Waals surface area (Å²) in [6.45, 7) is 0. The number of nitrogens with zero attached hydrogens (tertiary/aromatic N) is 2. The molecule has 0 aromatic heterocycles. The lowest BCUT2D eigenvalue weighted by Crippen LogP contribution is -2.32. The molecule has 1 aliphatic heterocycles. The first-order valence-electron chi connectivity index (χ1n) is 17.6. The zero-order valence-electron chi connectivity index (χ0n) is 27.3. The molecule has 0 saturated carbocycles. The van der Waals surface area contributed by atoms with Gasteiger partial charge in [0.1, 0.15) is 0 Å². The van der Waals surface area contributed by atoms with Gasteiger partial charge in [-0.25, -0.2) is 0 Å². The van der Waals surface area contributed by atoms with E-state index in [2.05, 4.69) is 163 Å². The second kappa shape index (κ2) is 12.4. The number of rotatable bonds is 6. The Labute approximate surface area is 284 Å². The molecule has 0 saturated heterocycles. The van der Waals surface area contributed by atoms with Crippen LogP contribution in [0.3, 0.4) is 0 Å². The van der Waals surface area contributed by atoms with E-state index in [1.54, 1.807) is 0 Å². The van der Waals surface area contributed by atoms with E-state index in [-0.39, 0.29) is 6.04 Å². The molecular weight excluding hydrogens is 581 g/mol. The molecule has 0 fully saturated rings. The molecule has 234 valence electrons. The number of fused-ring (bicyclic) bond motifs is 10. The molecule has 4 atom stereocenters. The van der Waals surface area contributed by atoms with Crippen molar-refractivity contribution in [1.29, 1.82) is 0 Å². The smallest absolute Gasteiger partial charge is 0.0665 e. The van der Waals surface area contributed by atoms with Crippen LogP contribution in [0.25, 0.3) is 22.5 Å². The van der Waals surface area contributed by atoms with Gasteiger partial charge < -0.3 is 4.90 Å². The Hall–Kier alpha value is -5.21. The highest BCUT2D eigenvalue weighted by atomic mass is 15.2. The number of allylic oxidation sites excluding steroid dienone is 16. The third-order valence-electron chi connectivity index (χ3n) is 10.8. The van der Waals surface area contributed by atoms with Crippen LogP contribution in [0.5, 0.6) is 0 Å². The van der Waals surface area contributed by atoms with Gasteiger partial charge in [-0.05, 0) is 71.4 Å². The predicted molar refractivity (Wildman–Crippen MR) is 204 cm³/mol. The van der Waals surface area contributed by atoms with Gasteiger partial charge in [-0.15, -0.1) is 0 Å². The van der Waals surface area contributed by atoms with Crippen molar-refractivity contribution in [2.75, 3.05) is 4.90 Å². The molecule has 5 aliphatic carbocycles. The summed E-state index contributed by atoms with van der Waals surface area (Å²) in [5.74, 6) is 1.11. The lowest BCUT2D eigenvalue weighted by atomic mass is 9.71. The van der Waals surface area contributed by atoms with Crippen LogP contribution in [0.2, 0.25) is 0 Å². The van der Waals surface area contributed by atoms with E-state index >= 15 is 0 Å². The van der Waals surface area contributed by atoms with E-state index in [1.165, 1.54) is 55.6 Å². The summed E-state index contributed by atoms with van der Waals surface area (Å²) in [4.78, 5) is 7.78. The molecule has 0 radical (unpaired) electrons. The number of anilines is 1. The van der Waals surface area contributed by atoms with E-state index < -0.39 is 0 Å². The standard InChI is InChI=1S/C46H40N2/c1-3-13-32(14-4-1)25-30-42(35-16-5-2-6-17-35)47-31-33-23-27-36(28-24-33)48-43-22-12-11-21-41(43)45-44-37-18-8-7-15-34(37)26-29-39(44)38-19-9-10-20-40(38)46(45)48/h1-3,5-13,15-23,26-27,29-31,34,37,41,43H,4,14,24-25,28H2/b42-30-,47-31+. The first kappa shape index (κ1) is 29.0. The van der Waals surface area contributed by atoms with Crippen LogP contribution in [0, 0.1) is 5.92 Å². The normalized spacial score (nSPS) is 25.1. The molecule has 0 amide bonds. The van der Waals surface area contributed by atoms with Gasteiger partial charge in [0.2, 0.25) is 0 Å². The van der Waals surface area contributed by atoms with Crippen LogP contribution in [0.15, 0.2) is 168 Å². The summed E-state index contributed by atoms with van der Waals surface area (Å²) in [5.41, 5.74) is 12.2. The summed E-state index contributed by atoms with van der Waals surface area (Å²) in [6, 6.07) is 20.0. The molecule has 6 aliphatic rings. The van der Waals surface area contributed by atoms with Crippen molar-refractivity contribution in [2.45, 2.75) is 50.0 Å². The second-order valence-corrected chi connectivity index (χ2v) is 13.6. The Kier molecular flexibility index (Phi) is 7.50. The van der Waals surface area contributed by atoms with Gasteiger partial charge in [-0.1, -0.05) is 151 Å². The van der Waals surface area contributed by atoms with E-state index in [0.717, 1.165) is 37.8 Å². The Bertz CT molecular complexity index is 2120. The van der Waals surface area contributed by atoms with Crippen molar-refractivity contribution in [3.63, 3.8) is 0 Å². The molecule has 2 nitrogen and oxygen atoms in total. The molecule has 3 aromatic rings. The lowest BCUT2D eigenvalue weighted by Gasteiger charge is -2.33. The third kappa shape index (κ3) is 5.08. The first-order valence-corrected chi connectivity index (χ1v) is 17.6. The van der Waals surface area contributed by atoms with Crippen molar-refractivity contribution in [3.05, 3.63) is 185 Å². The van der Waals surface area contributed by atoms with Gasteiger partial charge >= 0.3 is 0 Å². The second-order valence-electron chi connectivity index (χ2n) is 13.6. The highest BCUT2D eigenvalue weighted by molar-refractivity contribution is 6.05. The fourth-order valence-corrected chi connectivity index (χ4v) is 8.53. The van der Waals surface area contributed by atoms with Crippen LogP contribution < -0.4 is 4.90 Å². The summed E-state index contributed by atoms with van der Waals surface area (Å²) in [7, 11) is 0. The van der Waals surface area contributed by atoms with E-state index in [0.29, 0.717) is 17.8 Å². The minimum absolute atomic E-state index is 0.277. The monoisotopic (exact) mass is 620 g/mol. The maximum Gasteiger partial charge on any atom is 0.0665 e. The number of aliphatic imine (C=N–C) groups is 1. The Morgan fingerprint density at radius 2 is 1.54 bits per heavy atom. The molecule has 0 N–H and O–H groups in total. The van der Waals surface area contributed by atoms with E-state index in [4.69, 9.17) is 4.99 Å². The zero-order valence-corrected chi connectivity index (χ0v) is 27.3. The van der Waals surface area contributed by atoms with Gasteiger partial charge in [0.25, 0.3) is 0 Å². The van der Waals surface area contributed by atoms with Crippen LogP contribution in [0.4, 0.5) is 5.69 Å². The predicted octanol–water partition coefficient (Wildman–Crippen LogP) is 11.5. The minimum Gasteiger partial charge on any atom is -0.336 e. The molecule has 2 heteroatoms. The van der Waals surface area contributed by atoms with Crippen LogP contribution >= 0.6 is 0 Å². The molecular formula is C46H40N2. The van der Waals surface area contributed by atoms with Gasteiger partial charge in [0, 0.05) is 35.1 Å². The first-order chi connectivity index (χ1) is 23.8. The summed E-state index contributed by atoms with van der Waals surface area (Å²) in [6.07, 6.45) is 44.4. The average Bonchev–Trinajstić information content (AvgIpc) is 3.51. The molecule has 3 aromatic carbocycles. The zero-order chi connectivity index (χ0) is 31.9. The molecule has 1 heterocycles. The lowest BCUT2D eigenvalue weighted by molar-refractivity contribution is 0.665. The Morgan fingerprint density at radius 3 is 2.38 bits per heavy atom. The number of benzene rings is 3. The Morgan fingerprint density at radius 1 is 0.729 bits per heavy atom. The van der Waals surface area contributed by atoms with Gasteiger partial charge in [0.15, 0.2) is 0 Å². The van der Waals surface area contributed by atoms with Gasteiger partial charge in [-0.2, -0.15) is 0 Å². The van der Waals surface area contributed by atoms with Crippen molar-refractivity contribution in [2.24, 2.45) is 10.9 Å². The highest BCUT2D eigenvalue weighted by Gasteiger charge is 2.44. The molecule has 0 bridgehead atoms.